The van der Waals surface area contributed by atoms with Crippen LogP contribution in [0.3, 0.4) is 0 Å². The summed E-state index contributed by atoms with van der Waals surface area (Å²) in [6.45, 7) is 4.32. The number of carbonyl (C=O) groups is 1. The summed E-state index contributed by atoms with van der Waals surface area (Å²) in [5.74, 6) is 0.110. The zero-order valence-electron chi connectivity index (χ0n) is 19.8. The second-order valence-electron chi connectivity index (χ2n) is 9.33. The number of sulfone groups is 1. The number of aryl methyl sites for hydroxylation is 2. The Bertz CT molecular complexity index is 1170. The molecule has 1 aliphatic heterocycles. The van der Waals surface area contributed by atoms with Crippen molar-refractivity contribution in [3.05, 3.63) is 52.8 Å². The molecule has 1 aromatic carbocycles. The molecule has 4 rings (SSSR count). The first kappa shape index (κ1) is 24.3. The molecule has 34 heavy (non-hydrogen) atoms. The lowest BCUT2D eigenvalue weighted by Crippen LogP contribution is -2.48. The Hall–Kier alpha value is -2.88. The van der Waals surface area contributed by atoms with Gasteiger partial charge in [0.1, 0.15) is 0 Å². The van der Waals surface area contributed by atoms with Crippen LogP contribution in [0.4, 0.5) is 0 Å². The molecule has 9 nitrogen and oxygen atoms in total. The Morgan fingerprint density at radius 2 is 1.97 bits per heavy atom. The molecule has 10 heteroatoms. The maximum absolute atomic E-state index is 13.0. The predicted octanol–water partition coefficient (Wildman–Crippen LogP) is 2.14. The van der Waals surface area contributed by atoms with Crippen LogP contribution >= 0.6 is 0 Å². The van der Waals surface area contributed by atoms with Crippen molar-refractivity contribution in [3.63, 3.8) is 0 Å². The molecule has 0 spiro atoms. The highest BCUT2D eigenvalue weighted by Gasteiger charge is 2.39. The molecule has 2 heterocycles. The summed E-state index contributed by atoms with van der Waals surface area (Å²) in [5.41, 5.74) is 9.89. The smallest absolute Gasteiger partial charge is 0.263 e. The summed E-state index contributed by atoms with van der Waals surface area (Å²) < 4.78 is 25.9. The van der Waals surface area contributed by atoms with E-state index in [4.69, 9.17) is 10.6 Å². The van der Waals surface area contributed by atoms with Crippen LogP contribution in [0.5, 0.6) is 0 Å². The van der Waals surface area contributed by atoms with Crippen molar-refractivity contribution in [3.8, 4) is 0 Å². The first-order valence-corrected chi connectivity index (χ1v) is 13.6. The normalized spacial score (nSPS) is 20.5. The SMILES string of the molecule is Cc1cc(C)n(Cc2cccc(/C(N)=N/OCC(=O)N(C3CCCC3)C3CCS(=O)(=O)C3)c2)n1. The van der Waals surface area contributed by atoms with E-state index >= 15 is 0 Å². The van der Waals surface area contributed by atoms with E-state index in [1.807, 2.05) is 48.9 Å². The first-order chi connectivity index (χ1) is 16.2. The van der Waals surface area contributed by atoms with Crippen LogP contribution in [0.15, 0.2) is 35.5 Å². The highest BCUT2D eigenvalue weighted by Crippen LogP contribution is 2.29. The van der Waals surface area contributed by atoms with Gasteiger partial charge in [-0.25, -0.2) is 8.42 Å². The number of hydrogen-bond donors (Lipinski definition) is 1. The predicted molar refractivity (Wildman–Crippen MR) is 130 cm³/mol. The Kier molecular flexibility index (Phi) is 7.25. The van der Waals surface area contributed by atoms with Gasteiger partial charge in [-0.3, -0.25) is 9.48 Å². The third-order valence-corrected chi connectivity index (χ3v) is 8.37. The third kappa shape index (κ3) is 5.78. The van der Waals surface area contributed by atoms with Gasteiger partial charge in [-0.2, -0.15) is 5.10 Å². The number of amides is 1. The van der Waals surface area contributed by atoms with E-state index in [0.29, 0.717) is 18.5 Å². The summed E-state index contributed by atoms with van der Waals surface area (Å²) in [6.07, 6.45) is 4.38. The molecule has 184 valence electrons. The van der Waals surface area contributed by atoms with Gasteiger partial charge in [-0.15, -0.1) is 0 Å². The summed E-state index contributed by atoms with van der Waals surface area (Å²) in [4.78, 5) is 20.1. The van der Waals surface area contributed by atoms with Crippen molar-refractivity contribution in [1.29, 1.82) is 0 Å². The standard InChI is InChI=1S/C24H33N5O4S/c1-17-12-18(2)28(26-17)14-19-6-5-7-20(13-19)24(25)27-33-15-23(30)29(21-8-3-4-9-21)22-10-11-34(31,32)16-22/h5-7,12-13,21-22H,3-4,8-11,14-16H2,1-2H3,(H2,25,27). The van der Waals surface area contributed by atoms with Gasteiger partial charge in [0, 0.05) is 23.3 Å². The average Bonchev–Trinajstić information content (AvgIpc) is 3.50. The molecule has 1 aliphatic carbocycles. The fourth-order valence-corrected chi connectivity index (χ4v) is 6.72. The van der Waals surface area contributed by atoms with Crippen LogP contribution in [0.1, 0.15) is 54.6 Å². The maximum Gasteiger partial charge on any atom is 0.263 e. The van der Waals surface area contributed by atoms with Gasteiger partial charge in [0.15, 0.2) is 22.3 Å². The molecule has 2 fully saturated rings. The largest absolute Gasteiger partial charge is 0.384 e. The number of nitrogens with zero attached hydrogens (tertiary/aromatic N) is 4. The molecule has 2 aliphatic rings. The molecule has 1 unspecified atom stereocenters. The van der Waals surface area contributed by atoms with Gasteiger partial charge >= 0.3 is 0 Å². The number of nitrogens with two attached hydrogens (primary N) is 1. The van der Waals surface area contributed by atoms with Gasteiger partial charge in [-0.1, -0.05) is 36.2 Å². The van der Waals surface area contributed by atoms with Crippen molar-refractivity contribution in [2.24, 2.45) is 10.9 Å². The molecule has 1 saturated heterocycles. The number of carbonyl (C=O) groups excluding carboxylic acids is 1. The molecule has 1 amide bonds. The van der Waals surface area contributed by atoms with Crippen LogP contribution in [0.2, 0.25) is 0 Å². The molecule has 0 radical (unpaired) electrons. The van der Waals surface area contributed by atoms with Crippen molar-refractivity contribution in [2.45, 2.75) is 64.6 Å². The maximum atomic E-state index is 13.0. The minimum atomic E-state index is -3.09. The van der Waals surface area contributed by atoms with Gasteiger partial charge in [-0.05, 0) is 50.8 Å². The van der Waals surface area contributed by atoms with Crippen LogP contribution in [-0.4, -0.2) is 65.0 Å². The van der Waals surface area contributed by atoms with E-state index in [1.54, 1.807) is 4.90 Å². The van der Waals surface area contributed by atoms with E-state index in [-0.39, 0.29) is 41.9 Å². The molecular formula is C24H33N5O4S. The Labute approximate surface area is 200 Å². The van der Waals surface area contributed by atoms with Gasteiger partial charge in [0.25, 0.3) is 5.91 Å². The minimum Gasteiger partial charge on any atom is -0.384 e. The molecule has 0 bridgehead atoms. The molecule has 1 saturated carbocycles. The van der Waals surface area contributed by atoms with Crippen molar-refractivity contribution in [2.75, 3.05) is 18.1 Å². The molecule has 2 aromatic rings. The van der Waals surface area contributed by atoms with Crippen LogP contribution < -0.4 is 5.73 Å². The zero-order chi connectivity index (χ0) is 24.3. The van der Waals surface area contributed by atoms with E-state index in [9.17, 15) is 13.2 Å². The van der Waals surface area contributed by atoms with Crippen LogP contribution in [-0.2, 0) is 26.0 Å². The monoisotopic (exact) mass is 487 g/mol. The first-order valence-electron chi connectivity index (χ1n) is 11.8. The lowest BCUT2D eigenvalue weighted by molar-refractivity contribution is -0.140. The number of benzene rings is 1. The molecule has 1 aromatic heterocycles. The summed E-state index contributed by atoms with van der Waals surface area (Å²) in [6, 6.07) is 9.47. The topological polar surface area (TPSA) is 120 Å². The highest BCUT2D eigenvalue weighted by molar-refractivity contribution is 7.91. The van der Waals surface area contributed by atoms with E-state index < -0.39 is 9.84 Å². The Morgan fingerprint density at radius 1 is 1.21 bits per heavy atom. The number of hydrogen-bond acceptors (Lipinski definition) is 6. The summed E-state index contributed by atoms with van der Waals surface area (Å²) >= 11 is 0. The summed E-state index contributed by atoms with van der Waals surface area (Å²) in [5, 5.41) is 8.47. The molecule has 1 atom stereocenters. The number of oxime groups is 1. The van der Waals surface area contributed by atoms with E-state index in [1.165, 1.54) is 0 Å². The van der Waals surface area contributed by atoms with Crippen LogP contribution in [0, 0.1) is 13.8 Å². The second-order valence-corrected chi connectivity index (χ2v) is 11.6. The van der Waals surface area contributed by atoms with Crippen LogP contribution in [0.25, 0.3) is 0 Å². The van der Waals surface area contributed by atoms with Gasteiger partial charge in [0.05, 0.1) is 23.7 Å². The lowest BCUT2D eigenvalue weighted by Gasteiger charge is -2.33. The average molecular weight is 488 g/mol. The number of aromatic nitrogens is 2. The van der Waals surface area contributed by atoms with Crippen molar-refractivity contribution < 1.29 is 18.0 Å². The van der Waals surface area contributed by atoms with Crippen molar-refractivity contribution in [1.82, 2.24) is 14.7 Å². The van der Waals surface area contributed by atoms with Gasteiger partial charge < -0.3 is 15.5 Å². The second kappa shape index (κ2) is 10.2. The Balaban J connectivity index is 1.39. The highest BCUT2D eigenvalue weighted by atomic mass is 32.2. The lowest BCUT2D eigenvalue weighted by atomic mass is 10.1. The van der Waals surface area contributed by atoms with E-state index in [2.05, 4.69) is 10.3 Å². The third-order valence-electron chi connectivity index (χ3n) is 6.62. The number of amidine groups is 1. The van der Waals surface area contributed by atoms with Crippen molar-refractivity contribution >= 4 is 21.6 Å². The van der Waals surface area contributed by atoms with E-state index in [0.717, 1.165) is 42.6 Å². The molecular weight excluding hydrogens is 454 g/mol. The quantitative estimate of drug-likeness (QED) is 0.346. The fraction of sp³-hybridized carbons (Fsp3) is 0.542. The fourth-order valence-electron chi connectivity index (χ4n) is 5.00. The number of rotatable bonds is 8. The van der Waals surface area contributed by atoms with Gasteiger partial charge in [0.2, 0.25) is 0 Å². The zero-order valence-corrected chi connectivity index (χ0v) is 20.6. The summed E-state index contributed by atoms with van der Waals surface area (Å²) in [7, 11) is -3.09. The minimum absolute atomic E-state index is 0.0304. The Morgan fingerprint density at radius 3 is 2.62 bits per heavy atom. The molecule has 2 N–H and O–H groups in total.